The molecule has 0 aromatic heterocycles. The minimum atomic E-state index is 0.0688. The summed E-state index contributed by atoms with van der Waals surface area (Å²) in [5.74, 6) is 1.17. The Morgan fingerprint density at radius 2 is 2.04 bits per heavy atom. The zero-order valence-corrected chi connectivity index (χ0v) is 15.5. The molecule has 1 aromatic carbocycles. The molecule has 25 heavy (non-hydrogen) atoms. The van der Waals surface area contributed by atoms with Crippen molar-refractivity contribution in [1.29, 1.82) is 0 Å². The van der Waals surface area contributed by atoms with Crippen molar-refractivity contribution in [1.82, 2.24) is 10.2 Å². The molecule has 5 heteroatoms. The fraction of sp³-hybridized carbons (Fsp3) is 0.550. The van der Waals surface area contributed by atoms with Crippen molar-refractivity contribution >= 4 is 12.0 Å². The SMILES string of the molecule is COCC(C)NC(=O)C1CCN(CC=Cc2ccccc2OC)CC1. The number of methoxy groups -OCH3 is 2. The van der Waals surface area contributed by atoms with E-state index in [4.69, 9.17) is 9.47 Å². The van der Waals surface area contributed by atoms with Gasteiger partial charge in [-0.15, -0.1) is 0 Å². The summed E-state index contributed by atoms with van der Waals surface area (Å²) in [6, 6.07) is 8.07. The second kappa shape index (κ2) is 10.2. The van der Waals surface area contributed by atoms with Gasteiger partial charge in [0.1, 0.15) is 5.75 Å². The van der Waals surface area contributed by atoms with Crippen LogP contribution in [0.2, 0.25) is 0 Å². The van der Waals surface area contributed by atoms with Crippen LogP contribution in [0.4, 0.5) is 0 Å². The Labute approximate surface area is 151 Å². The molecule has 1 fully saturated rings. The van der Waals surface area contributed by atoms with Crippen molar-refractivity contribution in [3.63, 3.8) is 0 Å². The second-order valence-corrected chi connectivity index (χ2v) is 6.58. The first-order chi connectivity index (χ1) is 12.1. The molecule has 1 N–H and O–H groups in total. The average Bonchev–Trinajstić information content (AvgIpc) is 2.63. The summed E-state index contributed by atoms with van der Waals surface area (Å²) in [7, 11) is 3.34. The average molecular weight is 346 g/mol. The number of ether oxygens (including phenoxy) is 2. The monoisotopic (exact) mass is 346 g/mol. The standard InChI is InChI=1S/C20H30N2O3/c1-16(15-24-2)21-20(23)18-10-13-22(14-11-18)12-6-8-17-7-4-5-9-19(17)25-3/h4-9,16,18H,10-15H2,1-3H3,(H,21,23). The van der Waals surface area contributed by atoms with Crippen LogP contribution in [0.15, 0.2) is 30.3 Å². The number of likely N-dealkylation sites (tertiary alicyclic amines) is 1. The lowest BCUT2D eigenvalue weighted by atomic mass is 9.95. The number of rotatable bonds is 8. The Balaban J connectivity index is 1.75. The van der Waals surface area contributed by atoms with Crippen LogP contribution in [0.1, 0.15) is 25.3 Å². The van der Waals surface area contributed by atoms with Crippen LogP contribution in [0, 0.1) is 5.92 Å². The predicted molar refractivity (Wildman–Crippen MR) is 101 cm³/mol. The molecule has 1 aliphatic rings. The molecule has 1 amide bonds. The Bertz CT molecular complexity index is 566. The van der Waals surface area contributed by atoms with Crippen molar-refractivity contribution in [3.05, 3.63) is 35.9 Å². The van der Waals surface area contributed by atoms with E-state index in [1.165, 1.54) is 0 Å². The van der Waals surface area contributed by atoms with Crippen molar-refractivity contribution in [2.45, 2.75) is 25.8 Å². The summed E-state index contributed by atoms with van der Waals surface area (Å²) in [6.07, 6.45) is 6.09. The van der Waals surface area contributed by atoms with E-state index in [0.717, 1.165) is 43.8 Å². The number of nitrogens with zero attached hydrogens (tertiary/aromatic N) is 1. The number of amides is 1. The van der Waals surface area contributed by atoms with Crippen LogP contribution in [0.25, 0.3) is 6.08 Å². The number of carbonyl (C=O) groups is 1. The molecule has 5 nitrogen and oxygen atoms in total. The first-order valence-corrected chi connectivity index (χ1v) is 8.95. The number of nitrogens with one attached hydrogen (secondary N) is 1. The Morgan fingerprint density at radius 1 is 1.32 bits per heavy atom. The summed E-state index contributed by atoms with van der Waals surface area (Å²) >= 11 is 0. The van der Waals surface area contributed by atoms with Crippen LogP contribution >= 0.6 is 0 Å². The van der Waals surface area contributed by atoms with Gasteiger partial charge in [0.25, 0.3) is 0 Å². The van der Waals surface area contributed by atoms with Crippen molar-refractivity contribution in [3.8, 4) is 5.75 Å². The minimum absolute atomic E-state index is 0.0688. The van der Waals surface area contributed by atoms with Gasteiger partial charge in [-0.3, -0.25) is 9.69 Å². The largest absolute Gasteiger partial charge is 0.496 e. The highest BCUT2D eigenvalue weighted by Gasteiger charge is 2.25. The number of hydrogen-bond acceptors (Lipinski definition) is 4. The lowest BCUT2D eigenvalue weighted by Gasteiger charge is -2.31. The number of benzene rings is 1. The molecule has 1 atom stereocenters. The van der Waals surface area contributed by atoms with E-state index in [2.05, 4.69) is 22.4 Å². The molecular weight excluding hydrogens is 316 g/mol. The first kappa shape index (κ1) is 19.5. The molecule has 0 bridgehead atoms. The Morgan fingerprint density at radius 3 is 2.72 bits per heavy atom. The summed E-state index contributed by atoms with van der Waals surface area (Å²) in [5.41, 5.74) is 1.09. The van der Waals surface area contributed by atoms with Crippen molar-refractivity contribution in [2.75, 3.05) is 40.5 Å². The number of hydrogen-bond donors (Lipinski definition) is 1. The van der Waals surface area contributed by atoms with Gasteiger partial charge in [0, 0.05) is 31.2 Å². The Hall–Kier alpha value is -1.85. The van der Waals surface area contributed by atoms with Crippen LogP contribution in [0.5, 0.6) is 5.75 Å². The van der Waals surface area contributed by atoms with E-state index >= 15 is 0 Å². The maximum Gasteiger partial charge on any atom is 0.223 e. The third-order valence-corrected chi connectivity index (χ3v) is 4.56. The molecule has 0 spiro atoms. The van der Waals surface area contributed by atoms with Gasteiger partial charge in [-0.05, 0) is 38.9 Å². The van der Waals surface area contributed by atoms with Gasteiger partial charge in [-0.1, -0.05) is 30.4 Å². The molecule has 1 aliphatic heterocycles. The maximum atomic E-state index is 12.2. The van der Waals surface area contributed by atoms with E-state index in [1.54, 1.807) is 14.2 Å². The van der Waals surface area contributed by atoms with Crippen LogP contribution in [-0.4, -0.2) is 57.3 Å². The number of carbonyl (C=O) groups excluding carboxylic acids is 1. The number of para-hydroxylation sites is 1. The van der Waals surface area contributed by atoms with Gasteiger partial charge in [-0.25, -0.2) is 0 Å². The summed E-state index contributed by atoms with van der Waals surface area (Å²) in [4.78, 5) is 14.6. The van der Waals surface area contributed by atoms with Gasteiger partial charge in [0.05, 0.1) is 13.7 Å². The molecule has 1 aromatic rings. The normalized spacial score (nSPS) is 17.6. The minimum Gasteiger partial charge on any atom is -0.496 e. The lowest BCUT2D eigenvalue weighted by molar-refractivity contribution is -0.127. The zero-order valence-electron chi connectivity index (χ0n) is 15.5. The van der Waals surface area contributed by atoms with E-state index in [1.807, 2.05) is 31.2 Å². The zero-order chi connectivity index (χ0) is 18.1. The summed E-state index contributed by atoms with van der Waals surface area (Å²) < 4.78 is 10.4. The summed E-state index contributed by atoms with van der Waals surface area (Å²) in [5, 5.41) is 3.03. The fourth-order valence-corrected chi connectivity index (χ4v) is 3.16. The third-order valence-electron chi connectivity index (χ3n) is 4.56. The molecule has 1 saturated heterocycles. The highest BCUT2D eigenvalue weighted by Crippen LogP contribution is 2.20. The van der Waals surface area contributed by atoms with Gasteiger partial charge >= 0.3 is 0 Å². The van der Waals surface area contributed by atoms with E-state index < -0.39 is 0 Å². The van der Waals surface area contributed by atoms with E-state index in [0.29, 0.717) is 6.61 Å². The van der Waals surface area contributed by atoms with Crippen molar-refractivity contribution < 1.29 is 14.3 Å². The molecule has 0 aliphatic carbocycles. The highest BCUT2D eigenvalue weighted by molar-refractivity contribution is 5.79. The lowest BCUT2D eigenvalue weighted by Crippen LogP contribution is -2.44. The molecule has 1 unspecified atom stereocenters. The van der Waals surface area contributed by atoms with Gasteiger partial charge in [0.15, 0.2) is 0 Å². The molecule has 138 valence electrons. The smallest absolute Gasteiger partial charge is 0.223 e. The fourth-order valence-electron chi connectivity index (χ4n) is 3.16. The van der Waals surface area contributed by atoms with E-state index in [-0.39, 0.29) is 17.9 Å². The Kier molecular flexibility index (Phi) is 7.95. The second-order valence-electron chi connectivity index (χ2n) is 6.58. The maximum absolute atomic E-state index is 12.2. The topological polar surface area (TPSA) is 50.8 Å². The van der Waals surface area contributed by atoms with Gasteiger partial charge < -0.3 is 14.8 Å². The van der Waals surface area contributed by atoms with Crippen LogP contribution in [0.3, 0.4) is 0 Å². The third kappa shape index (κ3) is 6.18. The summed E-state index contributed by atoms with van der Waals surface area (Å²) in [6.45, 7) is 5.32. The number of piperidine rings is 1. The van der Waals surface area contributed by atoms with E-state index in [9.17, 15) is 4.79 Å². The highest BCUT2D eigenvalue weighted by atomic mass is 16.5. The van der Waals surface area contributed by atoms with Crippen molar-refractivity contribution in [2.24, 2.45) is 5.92 Å². The van der Waals surface area contributed by atoms with Gasteiger partial charge in [0.2, 0.25) is 5.91 Å². The quantitative estimate of drug-likeness (QED) is 0.786. The molecule has 0 saturated carbocycles. The molecule has 1 heterocycles. The predicted octanol–water partition coefficient (Wildman–Crippen LogP) is 2.57. The molecular formula is C20H30N2O3. The molecule has 2 rings (SSSR count). The molecule has 0 radical (unpaired) electrons. The van der Waals surface area contributed by atoms with Crippen LogP contribution in [-0.2, 0) is 9.53 Å². The van der Waals surface area contributed by atoms with Gasteiger partial charge in [-0.2, -0.15) is 0 Å². The first-order valence-electron chi connectivity index (χ1n) is 8.95. The van der Waals surface area contributed by atoms with Crippen LogP contribution < -0.4 is 10.1 Å².